The van der Waals surface area contributed by atoms with Crippen LogP contribution in [-0.4, -0.2) is 15.9 Å². The van der Waals surface area contributed by atoms with Crippen LogP contribution < -0.4 is 0 Å². The van der Waals surface area contributed by atoms with Gasteiger partial charge in [-0.1, -0.05) is 101 Å². The fourth-order valence-electron chi connectivity index (χ4n) is 3.68. The quantitative estimate of drug-likeness (QED) is 0.167. The van der Waals surface area contributed by atoms with Crippen LogP contribution in [0.15, 0.2) is 54.3 Å². The molecule has 0 saturated carbocycles. The van der Waals surface area contributed by atoms with Crippen molar-refractivity contribution in [1.29, 1.82) is 0 Å². The van der Waals surface area contributed by atoms with Crippen LogP contribution in [0.3, 0.4) is 0 Å². The van der Waals surface area contributed by atoms with Gasteiger partial charge in [-0.15, -0.1) is 34.9 Å². The Labute approximate surface area is 250 Å². The second kappa shape index (κ2) is 13.4. The summed E-state index contributed by atoms with van der Waals surface area (Å²) in [7, 11) is 0. The fourth-order valence-corrected chi connectivity index (χ4v) is 3.68. The molecule has 0 fully saturated rings. The van der Waals surface area contributed by atoms with Gasteiger partial charge >= 0.3 is 0 Å². The van der Waals surface area contributed by atoms with Crippen molar-refractivity contribution in [3.63, 3.8) is 0 Å². The van der Waals surface area contributed by atoms with Crippen LogP contribution in [0.1, 0.15) is 105 Å². The molecule has 2 aromatic carbocycles. The molecule has 1 atom stereocenters. The van der Waals surface area contributed by atoms with E-state index in [0.717, 1.165) is 28.8 Å². The number of fused-ring (bicyclic) bond motifs is 1. The van der Waals surface area contributed by atoms with Crippen molar-refractivity contribution in [1.82, 2.24) is 4.98 Å². The first-order valence-electron chi connectivity index (χ1n) is 13.7. The molecule has 0 spiro atoms. The van der Waals surface area contributed by atoms with Gasteiger partial charge in [0, 0.05) is 37.0 Å². The maximum atomic E-state index is 11.5. The van der Waals surface area contributed by atoms with Gasteiger partial charge < -0.3 is 5.11 Å². The Hall–Kier alpha value is -2.29. The second-order valence-corrected chi connectivity index (χ2v) is 13.6. The van der Waals surface area contributed by atoms with Crippen LogP contribution in [-0.2, 0) is 30.3 Å². The summed E-state index contributed by atoms with van der Waals surface area (Å²) in [6, 6.07) is 18.9. The predicted molar refractivity (Wildman–Crippen MR) is 163 cm³/mol. The van der Waals surface area contributed by atoms with E-state index in [0.29, 0.717) is 5.92 Å². The summed E-state index contributed by atoms with van der Waals surface area (Å²) in [5, 5.41) is 10.8. The van der Waals surface area contributed by atoms with Crippen LogP contribution in [0.4, 0.5) is 0 Å². The number of hydrogen-bond donors (Lipinski definition) is 1. The van der Waals surface area contributed by atoms with Gasteiger partial charge in [0.1, 0.15) is 5.76 Å². The third kappa shape index (κ3) is 10.00. The van der Waals surface area contributed by atoms with Crippen LogP contribution in [0.5, 0.6) is 0 Å². The Balaban J connectivity index is 0.000000466. The first-order chi connectivity index (χ1) is 17.3. The van der Waals surface area contributed by atoms with E-state index in [1.54, 1.807) is 0 Å². The van der Waals surface area contributed by atoms with Gasteiger partial charge in [0.05, 0.1) is 5.52 Å². The number of benzene rings is 2. The van der Waals surface area contributed by atoms with Crippen molar-refractivity contribution in [2.75, 3.05) is 0 Å². The van der Waals surface area contributed by atoms with Gasteiger partial charge in [-0.05, 0) is 46.5 Å². The number of aliphatic hydroxyl groups is 1. The van der Waals surface area contributed by atoms with E-state index in [1.165, 1.54) is 22.6 Å². The normalized spacial score (nSPS) is 13.3. The fraction of sp³-hybridized carbons (Fsp3) is 0.486. The van der Waals surface area contributed by atoms with E-state index in [2.05, 4.69) is 90.1 Å². The first-order valence-corrected chi connectivity index (χ1v) is 13.7. The number of carbonyl (C=O) groups is 1. The summed E-state index contributed by atoms with van der Waals surface area (Å²) in [5.74, 6) is 0.691. The largest absolute Gasteiger partial charge is 0.512 e. The first kappa shape index (κ1) is 34.7. The zero-order chi connectivity index (χ0) is 29.1. The Morgan fingerprint density at radius 3 is 2.08 bits per heavy atom. The third-order valence-electron chi connectivity index (χ3n) is 6.82. The molecule has 1 aromatic heterocycles. The Morgan fingerprint density at radius 1 is 0.949 bits per heavy atom. The molecule has 0 aliphatic heterocycles. The van der Waals surface area contributed by atoms with E-state index in [4.69, 9.17) is 4.98 Å². The standard InChI is InChI=1S/C24H28N.C11H20O2.Ir/c1-7-17(3)18-8-10-22-19(14-18)9-11-23(25-22)20-12-16(2)13-21(15-20)24(4,5)6;1-10(2,3)8(12)7-9(13)11(4,5)6;/h8-11,13-15,17H,7H2,1-6H3;7,12H,1-6H3;/q-1;;/b;8-7-;. The number of pyridine rings is 1. The average molecular weight is 707 g/mol. The molecule has 0 aliphatic rings. The molecule has 1 heterocycles. The third-order valence-corrected chi connectivity index (χ3v) is 6.82. The Bertz CT molecular complexity index is 1300. The summed E-state index contributed by atoms with van der Waals surface area (Å²) in [4.78, 5) is 16.4. The molecular weight excluding hydrogens is 659 g/mol. The Kier molecular flexibility index (Phi) is 11.9. The van der Waals surface area contributed by atoms with Gasteiger partial charge in [-0.3, -0.25) is 9.78 Å². The van der Waals surface area contributed by atoms with Crippen molar-refractivity contribution in [2.24, 2.45) is 10.8 Å². The summed E-state index contributed by atoms with van der Waals surface area (Å²) >= 11 is 0. The zero-order valence-corrected chi connectivity index (χ0v) is 28.4. The molecule has 215 valence electrons. The van der Waals surface area contributed by atoms with Crippen molar-refractivity contribution in [3.8, 4) is 11.3 Å². The number of allylic oxidation sites excluding steroid dienone is 2. The monoisotopic (exact) mass is 707 g/mol. The van der Waals surface area contributed by atoms with Gasteiger partial charge in [-0.25, -0.2) is 0 Å². The van der Waals surface area contributed by atoms with E-state index in [-0.39, 0.29) is 42.5 Å². The van der Waals surface area contributed by atoms with Crippen molar-refractivity contribution < 1.29 is 30.0 Å². The number of aryl methyl sites for hydroxylation is 1. The molecule has 1 unspecified atom stereocenters. The van der Waals surface area contributed by atoms with Gasteiger partial charge in [0.25, 0.3) is 0 Å². The molecule has 0 aliphatic carbocycles. The second-order valence-electron chi connectivity index (χ2n) is 13.6. The summed E-state index contributed by atoms with van der Waals surface area (Å²) in [6.45, 7) is 24.5. The molecular formula is C35H48IrNO2-. The number of carbonyl (C=O) groups excluding carboxylic acids is 1. The number of rotatable bonds is 4. The van der Waals surface area contributed by atoms with Gasteiger partial charge in [0.15, 0.2) is 5.78 Å². The molecule has 1 N–H and O–H groups in total. The Morgan fingerprint density at radius 2 is 1.56 bits per heavy atom. The van der Waals surface area contributed by atoms with Crippen LogP contribution in [0.2, 0.25) is 0 Å². The van der Waals surface area contributed by atoms with E-state index < -0.39 is 5.41 Å². The number of nitrogens with zero attached hydrogens (tertiary/aromatic N) is 1. The summed E-state index contributed by atoms with van der Waals surface area (Å²) in [5.41, 5.74) is 6.37. The molecule has 39 heavy (non-hydrogen) atoms. The summed E-state index contributed by atoms with van der Waals surface area (Å²) < 4.78 is 0. The maximum Gasteiger partial charge on any atom is 0.164 e. The topological polar surface area (TPSA) is 50.2 Å². The molecule has 0 saturated heterocycles. The minimum absolute atomic E-state index is 0. The number of hydrogen-bond acceptors (Lipinski definition) is 3. The van der Waals surface area contributed by atoms with Crippen molar-refractivity contribution >= 4 is 16.7 Å². The van der Waals surface area contributed by atoms with Crippen LogP contribution in [0, 0.1) is 23.8 Å². The van der Waals surface area contributed by atoms with Gasteiger partial charge in [-0.2, -0.15) is 0 Å². The van der Waals surface area contributed by atoms with Crippen LogP contribution in [0.25, 0.3) is 22.2 Å². The van der Waals surface area contributed by atoms with E-state index in [1.807, 2.05) is 41.5 Å². The molecule has 3 aromatic rings. The minimum Gasteiger partial charge on any atom is -0.512 e. The number of aromatic nitrogens is 1. The van der Waals surface area contributed by atoms with Crippen LogP contribution >= 0.6 is 0 Å². The number of ketones is 1. The summed E-state index contributed by atoms with van der Waals surface area (Å²) in [6.07, 6.45) is 2.49. The van der Waals surface area contributed by atoms with Crippen molar-refractivity contribution in [3.05, 3.63) is 77.1 Å². The predicted octanol–water partition coefficient (Wildman–Crippen LogP) is 9.91. The molecule has 0 bridgehead atoms. The molecule has 4 heteroatoms. The molecule has 3 nitrogen and oxygen atoms in total. The number of aliphatic hydroxyl groups excluding tert-OH is 1. The zero-order valence-electron chi connectivity index (χ0n) is 26.0. The van der Waals surface area contributed by atoms with E-state index >= 15 is 0 Å². The SMILES string of the molecule is CC(C)(C)C(=O)/C=C(\O)C(C)(C)C.CCC(C)c1ccc2nc(-c3[c-]c(C)cc(C(C)(C)C)c3)ccc2c1.[Ir]. The van der Waals surface area contributed by atoms with Gasteiger partial charge in [0.2, 0.25) is 0 Å². The van der Waals surface area contributed by atoms with Crippen molar-refractivity contribution in [2.45, 2.75) is 101 Å². The van der Waals surface area contributed by atoms with E-state index in [9.17, 15) is 9.90 Å². The smallest absolute Gasteiger partial charge is 0.164 e. The average Bonchev–Trinajstić information content (AvgIpc) is 2.81. The maximum absolute atomic E-state index is 11.5. The molecule has 0 amide bonds. The minimum atomic E-state index is -0.417. The molecule has 3 rings (SSSR count). The molecule has 1 radical (unpaired) electrons.